The van der Waals surface area contributed by atoms with E-state index in [2.05, 4.69) is 5.32 Å². The van der Waals surface area contributed by atoms with E-state index in [1.54, 1.807) is 12.1 Å². The standard InChI is InChI=1S/C14H18FN3O3/c15-11-5-9(18-13(19)8-21-14(18)6-16)1-2-10(11)12-7-17-3-4-20-12/h1-2,5,12,14,17H,3-4,6-8,16H2/t12?,14-/m0/s1. The van der Waals surface area contributed by atoms with Crippen molar-refractivity contribution in [2.45, 2.75) is 12.3 Å². The fourth-order valence-corrected chi connectivity index (χ4v) is 2.65. The maximum absolute atomic E-state index is 14.3. The number of benzene rings is 1. The summed E-state index contributed by atoms with van der Waals surface area (Å²) < 4.78 is 25.1. The van der Waals surface area contributed by atoms with E-state index in [1.807, 2.05) is 0 Å². The second kappa shape index (κ2) is 6.07. The minimum Gasteiger partial charge on any atom is -0.371 e. The Morgan fingerprint density at radius 2 is 2.29 bits per heavy atom. The molecule has 1 amide bonds. The number of carbonyl (C=O) groups excluding carboxylic acids is 1. The van der Waals surface area contributed by atoms with Gasteiger partial charge in [-0.25, -0.2) is 4.39 Å². The van der Waals surface area contributed by atoms with Crippen molar-refractivity contribution in [2.75, 3.05) is 37.7 Å². The molecule has 0 spiro atoms. The third-order valence-electron chi connectivity index (χ3n) is 3.69. The molecule has 0 bridgehead atoms. The van der Waals surface area contributed by atoms with Crippen LogP contribution in [0.1, 0.15) is 11.7 Å². The highest BCUT2D eigenvalue weighted by Gasteiger charge is 2.32. The number of halogens is 1. The molecule has 6 nitrogen and oxygen atoms in total. The van der Waals surface area contributed by atoms with Gasteiger partial charge in [0.1, 0.15) is 18.7 Å². The minimum atomic E-state index is -0.532. The van der Waals surface area contributed by atoms with Crippen LogP contribution in [0.15, 0.2) is 18.2 Å². The molecule has 3 rings (SSSR count). The molecule has 0 saturated carbocycles. The van der Waals surface area contributed by atoms with Crippen LogP contribution in [0.5, 0.6) is 0 Å². The van der Waals surface area contributed by atoms with E-state index >= 15 is 0 Å². The van der Waals surface area contributed by atoms with E-state index in [4.69, 9.17) is 15.2 Å². The van der Waals surface area contributed by atoms with Crippen LogP contribution in [0.2, 0.25) is 0 Å². The van der Waals surface area contributed by atoms with Gasteiger partial charge in [0.2, 0.25) is 0 Å². The Kier molecular flexibility index (Phi) is 4.16. The number of hydrogen-bond acceptors (Lipinski definition) is 5. The average Bonchev–Trinajstić information content (AvgIpc) is 2.89. The van der Waals surface area contributed by atoms with Crippen LogP contribution in [-0.4, -0.2) is 45.0 Å². The van der Waals surface area contributed by atoms with Crippen molar-refractivity contribution < 1.29 is 18.7 Å². The first kappa shape index (κ1) is 14.4. The number of rotatable bonds is 3. The lowest BCUT2D eigenvalue weighted by atomic mass is 10.1. The second-order valence-electron chi connectivity index (χ2n) is 5.03. The van der Waals surface area contributed by atoms with E-state index in [1.165, 1.54) is 11.0 Å². The molecule has 7 heteroatoms. The third-order valence-corrected chi connectivity index (χ3v) is 3.69. The molecule has 2 fully saturated rings. The first-order valence-corrected chi connectivity index (χ1v) is 6.96. The Morgan fingerprint density at radius 1 is 1.43 bits per heavy atom. The molecule has 0 aliphatic carbocycles. The van der Waals surface area contributed by atoms with E-state index < -0.39 is 12.0 Å². The second-order valence-corrected chi connectivity index (χ2v) is 5.03. The highest BCUT2D eigenvalue weighted by Crippen LogP contribution is 2.28. The summed E-state index contributed by atoms with van der Waals surface area (Å²) >= 11 is 0. The fraction of sp³-hybridized carbons (Fsp3) is 0.500. The van der Waals surface area contributed by atoms with E-state index in [-0.39, 0.29) is 25.2 Å². The molecular formula is C14H18FN3O3. The molecule has 2 saturated heterocycles. The molecule has 0 aromatic heterocycles. The third kappa shape index (κ3) is 2.77. The zero-order valence-electron chi connectivity index (χ0n) is 11.5. The van der Waals surface area contributed by atoms with E-state index in [0.29, 0.717) is 24.4 Å². The zero-order valence-corrected chi connectivity index (χ0v) is 11.5. The molecule has 1 unspecified atom stereocenters. The van der Waals surface area contributed by atoms with Gasteiger partial charge in [0.15, 0.2) is 0 Å². The quantitative estimate of drug-likeness (QED) is 0.829. The summed E-state index contributed by atoms with van der Waals surface area (Å²) in [6.45, 7) is 2.05. The molecule has 3 N–H and O–H groups in total. The van der Waals surface area contributed by atoms with Gasteiger partial charge in [-0.05, 0) is 12.1 Å². The van der Waals surface area contributed by atoms with Crippen molar-refractivity contribution in [1.29, 1.82) is 0 Å². The zero-order chi connectivity index (χ0) is 14.8. The van der Waals surface area contributed by atoms with Crippen LogP contribution in [-0.2, 0) is 14.3 Å². The lowest BCUT2D eigenvalue weighted by Gasteiger charge is -2.26. The summed E-state index contributed by atoms with van der Waals surface area (Å²) in [5, 5.41) is 3.16. The number of carbonyl (C=O) groups is 1. The van der Waals surface area contributed by atoms with Crippen LogP contribution in [0.4, 0.5) is 10.1 Å². The largest absolute Gasteiger partial charge is 0.371 e. The monoisotopic (exact) mass is 295 g/mol. The van der Waals surface area contributed by atoms with Crippen LogP contribution >= 0.6 is 0 Å². The number of anilines is 1. The highest BCUT2D eigenvalue weighted by atomic mass is 19.1. The number of morpholine rings is 1. The summed E-state index contributed by atoms with van der Waals surface area (Å²) in [6, 6.07) is 4.69. The lowest BCUT2D eigenvalue weighted by molar-refractivity contribution is -0.117. The van der Waals surface area contributed by atoms with Crippen molar-refractivity contribution in [3.05, 3.63) is 29.6 Å². The van der Waals surface area contributed by atoms with Gasteiger partial charge in [0, 0.05) is 30.9 Å². The number of hydrogen-bond donors (Lipinski definition) is 2. The van der Waals surface area contributed by atoms with Gasteiger partial charge < -0.3 is 20.5 Å². The highest BCUT2D eigenvalue weighted by molar-refractivity contribution is 5.96. The summed E-state index contributed by atoms with van der Waals surface area (Å²) in [5.41, 5.74) is 6.51. The molecule has 2 aliphatic rings. The van der Waals surface area contributed by atoms with Crippen LogP contribution in [0.3, 0.4) is 0 Å². The normalized spacial score (nSPS) is 26.4. The van der Waals surface area contributed by atoms with Gasteiger partial charge in [-0.15, -0.1) is 0 Å². The Bertz CT molecular complexity index is 534. The Hall–Kier alpha value is -1.54. The number of amides is 1. The first-order valence-electron chi connectivity index (χ1n) is 6.96. The number of ether oxygens (including phenoxy) is 2. The molecule has 21 heavy (non-hydrogen) atoms. The first-order chi connectivity index (χ1) is 10.2. The summed E-state index contributed by atoms with van der Waals surface area (Å²) in [7, 11) is 0. The summed E-state index contributed by atoms with van der Waals surface area (Å²) in [4.78, 5) is 13.2. The van der Waals surface area contributed by atoms with E-state index in [0.717, 1.165) is 6.54 Å². The number of nitrogens with two attached hydrogens (primary N) is 1. The molecule has 0 radical (unpaired) electrons. The molecule has 2 aliphatic heterocycles. The molecular weight excluding hydrogens is 277 g/mol. The van der Waals surface area contributed by atoms with Crippen molar-refractivity contribution in [1.82, 2.24) is 5.32 Å². The molecule has 1 aromatic carbocycles. The topological polar surface area (TPSA) is 76.8 Å². The van der Waals surface area contributed by atoms with Crippen LogP contribution < -0.4 is 16.0 Å². The van der Waals surface area contributed by atoms with Gasteiger partial charge in [-0.1, -0.05) is 6.07 Å². The predicted molar refractivity (Wildman–Crippen MR) is 74.2 cm³/mol. The molecule has 1 aromatic rings. The van der Waals surface area contributed by atoms with E-state index in [9.17, 15) is 9.18 Å². The predicted octanol–water partition coefficient (Wildman–Crippen LogP) is 0.135. The van der Waals surface area contributed by atoms with Crippen molar-refractivity contribution in [3.8, 4) is 0 Å². The fourth-order valence-electron chi connectivity index (χ4n) is 2.65. The molecule has 2 heterocycles. The minimum absolute atomic E-state index is 0.0269. The Balaban J connectivity index is 1.85. The van der Waals surface area contributed by atoms with Crippen LogP contribution in [0.25, 0.3) is 0 Å². The van der Waals surface area contributed by atoms with Crippen molar-refractivity contribution >= 4 is 11.6 Å². The van der Waals surface area contributed by atoms with Gasteiger partial charge in [0.25, 0.3) is 5.91 Å². The molecule has 114 valence electrons. The summed E-state index contributed by atoms with van der Waals surface area (Å²) in [6.07, 6.45) is -0.834. The lowest BCUT2D eigenvalue weighted by Crippen LogP contribution is -2.39. The van der Waals surface area contributed by atoms with Gasteiger partial charge in [-0.3, -0.25) is 9.69 Å². The van der Waals surface area contributed by atoms with Gasteiger partial charge in [0.05, 0.1) is 12.7 Å². The van der Waals surface area contributed by atoms with Crippen LogP contribution in [0, 0.1) is 5.82 Å². The average molecular weight is 295 g/mol. The maximum Gasteiger partial charge on any atom is 0.255 e. The Labute approximate surface area is 122 Å². The number of nitrogens with zero attached hydrogens (tertiary/aromatic N) is 1. The molecule has 2 atom stereocenters. The maximum atomic E-state index is 14.3. The van der Waals surface area contributed by atoms with Crippen molar-refractivity contribution in [3.63, 3.8) is 0 Å². The SMILES string of the molecule is NC[C@@H]1OCC(=O)N1c1ccc(C2CNCCO2)c(F)c1. The van der Waals surface area contributed by atoms with Crippen molar-refractivity contribution in [2.24, 2.45) is 5.73 Å². The van der Waals surface area contributed by atoms with Gasteiger partial charge >= 0.3 is 0 Å². The Morgan fingerprint density at radius 3 is 2.95 bits per heavy atom. The van der Waals surface area contributed by atoms with Gasteiger partial charge in [-0.2, -0.15) is 0 Å². The number of nitrogens with one attached hydrogen (secondary N) is 1. The summed E-state index contributed by atoms with van der Waals surface area (Å²) in [5.74, 6) is -0.607. The smallest absolute Gasteiger partial charge is 0.255 e.